The van der Waals surface area contributed by atoms with E-state index in [0.29, 0.717) is 11.3 Å². The summed E-state index contributed by atoms with van der Waals surface area (Å²) in [5, 5.41) is 0. The van der Waals surface area contributed by atoms with Crippen molar-refractivity contribution in [2.24, 2.45) is 23.0 Å². The number of rotatable bonds is 8. The highest BCUT2D eigenvalue weighted by Crippen LogP contribution is 2.65. The minimum atomic E-state index is -0.201. The molecule has 5 heteroatoms. The Morgan fingerprint density at radius 3 is 2.58 bits per heavy atom. The van der Waals surface area contributed by atoms with Crippen LogP contribution in [0.25, 0.3) is 0 Å². The van der Waals surface area contributed by atoms with Crippen LogP contribution in [0.4, 0.5) is 0 Å². The lowest BCUT2D eigenvalue weighted by molar-refractivity contribution is -0.199. The molecule has 3 saturated carbocycles. The van der Waals surface area contributed by atoms with Gasteiger partial charge in [0, 0.05) is 5.94 Å². The molecule has 1 aliphatic heterocycles. The Balaban J connectivity index is 0.00000208. The summed E-state index contributed by atoms with van der Waals surface area (Å²) in [6, 6.07) is 0. The van der Waals surface area contributed by atoms with Gasteiger partial charge >= 0.3 is 7.12 Å². The van der Waals surface area contributed by atoms with E-state index in [9.17, 15) is 0 Å². The van der Waals surface area contributed by atoms with Gasteiger partial charge in [-0.3, -0.25) is 0 Å². The van der Waals surface area contributed by atoms with Crippen LogP contribution in [0.3, 0.4) is 0 Å². The summed E-state index contributed by atoms with van der Waals surface area (Å²) in [6.45, 7) is 10.8. The summed E-state index contributed by atoms with van der Waals surface area (Å²) in [5.41, 5.74) is 6.67. The van der Waals surface area contributed by atoms with Crippen molar-refractivity contribution in [2.45, 2.75) is 89.8 Å². The Labute approximate surface area is 154 Å². The van der Waals surface area contributed by atoms with E-state index in [-0.39, 0.29) is 37.2 Å². The molecule has 0 aromatic heterocycles. The molecule has 0 aromatic carbocycles. The summed E-state index contributed by atoms with van der Waals surface area (Å²) in [4.78, 5) is 0. The lowest BCUT2D eigenvalue weighted by atomic mass is 9.43. The van der Waals surface area contributed by atoms with E-state index in [0.717, 1.165) is 25.2 Å². The van der Waals surface area contributed by atoms with Crippen molar-refractivity contribution in [1.29, 1.82) is 0 Å². The molecule has 0 amide bonds. The monoisotopic (exact) mass is 355 g/mol. The van der Waals surface area contributed by atoms with Crippen molar-refractivity contribution in [3.63, 3.8) is 0 Å². The predicted octanol–water partition coefficient (Wildman–Crippen LogP) is 4.53. The lowest BCUT2D eigenvalue weighted by Gasteiger charge is -2.64. The van der Waals surface area contributed by atoms with E-state index in [1.165, 1.54) is 32.1 Å². The highest BCUT2D eigenvalue weighted by Gasteiger charge is 2.68. The number of nitrogens with two attached hydrogens (primary N) is 1. The summed E-state index contributed by atoms with van der Waals surface area (Å²) in [6.07, 6.45) is 11.7. The molecule has 1 saturated heterocycles. The van der Waals surface area contributed by atoms with Crippen LogP contribution in [0.2, 0.25) is 0 Å². The Bertz CT molecular complexity index is 447. The molecule has 4 fully saturated rings. The largest absolute Gasteiger partial charge is 0.475 e. The van der Waals surface area contributed by atoms with Gasteiger partial charge in [-0.1, -0.05) is 39.2 Å². The fourth-order valence-electron chi connectivity index (χ4n) is 5.24. The highest BCUT2D eigenvalue weighted by molar-refractivity contribution is 6.47. The molecule has 0 aromatic rings. The average molecular weight is 356 g/mol. The summed E-state index contributed by atoms with van der Waals surface area (Å²) in [5.74, 6) is 1.43. The van der Waals surface area contributed by atoms with Crippen molar-refractivity contribution in [2.75, 3.05) is 0 Å². The standard InChI is InChI=1S/C19H34BNO2.ClH/c1-5-6-7-8-9-10-11-17(21)20-22-16-13-14-12-15(18(14,2)3)19(16,4)23-20;/h5,14-17H,1,6-13,21H2,2-4H3;1H. The van der Waals surface area contributed by atoms with Crippen molar-refractivity contribution in [3.8, 4) is 0 Å². The van der Waals surface area contributed by atoms with Crippen molar-refractivity contribution >= 4 is 19.5 Å². The van der Waals surface area contributed by atoms with Gasteiger partial charge in [0.15, 0.2) is 0 Å². The maximum Gasteiger partial charge on any atom is 0.475 e. The van der Waals surface area contributed by atoms with Gasteiger partial charge < -0.3 is 15.0 Å². The second-order valence-electron chi connectivity index (χ2n) is 8.78. The molecule has 3 aliphatic carbocycles. The first kappa shape index (κ1) is 20.3. The number of unbranched alkanes of at least 4 members (excludes halogenated alkanes) is 4. The molecule has 5 atom stereocenters. The second kappa shape index (κ2) is 7.69. The molecule has 3 nitrogen and oxygen atoms in total. The minimum Gasteiger partial charge on any atom is -0.404 e. The van der Waals surface area contributed by atoms with Crippen LogP contribution in [0, 0.1) is 17.3 Å². The first-order valence-corrected chi connectivity index (χ1v) is 9.59. The highest BCUT2D eigenvalue weighted by atomic mass is 35.5. The Hall–Kier alpha value is -0.0251. The molecular weight excluding hydrogens is 320 g/mol. The first-order valence-electron chi connectivity index (χ1n) is 9.59. The normalized spacial score (nSPS) is 37.2. The third kappa shape index (κ3) is 3.44. The zero-order valence-electron chi connectivity index (χ0n) is 15.6. The average Bonchev–Trinajstić information content (AvgIpc) is 2.87. The van der Waals surface area contributed by atoms with E-state index in [1.54, 1.807) is 0 Å². The number of allylic oxidation sites excluding steroid dienone is 1. The van der Waals surface area contributed by atoms with E-state index in [2.05, 4.69) is 27.4 Å². The zero-order valence-corrected chi connectivity index (χ0v) is 16.4. The van der Waals surface area contributed by atoms with Crippen LogP contribution in [0.15, 0.2) is 12.7 Å². The van der Waals surface area contributed by atoms with Gasteiger partial charge in [-0.25, -0.2) is 0 Å². The van der Waals surface area contributed by atoms with Crippen molar-refractivity contribution < 1.29 is 9.31 Å². The van der Waals surface area contributed by atoms with Gasteiger partial charge in [-0.05, 0) is 56.3 Å². The first-order chi connectivity index (χ1) is 10.9. The fourth-order valence-corrected chi connectivity index (χ4v) is 5.24. The SMILES string of the molecule is C=CCCCCCCC(N)B1OC2CC3CC(C3(C)C)C2(C)O1.Cl. The van der Waals surface area contributed by atoms with Crippen molar-refractivity contribution in [1.82, 2.24) is 0 Å². The van der Waals surface area contributed by atoms with Crippen molar-refractivity contribution in [3.05, 3.63) is 12.7 Å². The molecule has 4 rings (SSSR count). The van der Waals surface area contributed by atoms with Gasteiger partial charge in [0.1, 0.15) is 0 Å². The van der Waals surface area contributed by atoms with E-state index in [4.69, 9.17) is 15.0 Å². The van der Waals surface area contributed by atoms with Crippen LogP contribution >= 0.6 is 12.4 Å². The molecule has 0 radical (unpaired) electrons. The molecule has 5 unspecified atom stereocenters. The minimum absolute atomic E-state index is 0. The van der Waals surface area contributed by atoms with E-state index >= 15 is 0 Å². The third-order valence-corrected chi connectivity index (χ3v) is 7.01. The summed E-state index contributed by atoms with van der Waals surface area (Å²) < 4.78 is 12.7. The van der Waals surface area contributed by atoms with Crippen LogP contribution in [0.5, 0.6) is 0 Å². The number of hydrogen-bond acceptors (Lipinski definition) is 3. The van der Waals surface area contributed by atoms with Crippen LogP contribution < -0.4 is 5.73 Å². The molecule has 24 heavy (non-hydrogen) atoms. The molecular formula is C19H35BClNO2. The quantitative estimate of drug-likeness (QED) is 0.395. The predicted molar refractivity (Wildman–Crippen MR) is 103 cm³/mol. The van der Waals surface area contributed by atoms with Gasteiger partial charge in [0.25, 0.3) is 0 Å². The Morgan fingerprint density at radius 1 is 1.21 bits per heavy atom. The number of halogens is 1. The number of hydrogen-bond donors (Lipinski definition) is 1. The zero-order chi connectivity index (χ0) is 16.7. The molecule has 2 bridgehead atoms. The molecule has 1 heterocycles. The Morgan fingerprint density at radius 2 is 1.92 bits per heavy atom. The maximum absolute atomic E-state index is 6.44. The van der Waals surface area contributed by atoms with E-state index in [1.807, 2.05) is 6.08 Å². The van der Waals surface area contributed by atoms with E-state index < -0.39 is 0 Å². The summed E-state index contributed by atoms with van der Waals surface area (Å²) >= 11 is 0. The van der Waals surface area contributed by atoms with Crippen LogP contribution in [-0.2, 0) is 9.31 Å². The Kier molecular flexibility index (Phi) is 6.50. The van der Waals surface area contributed by atoms with Gasteiger partial charge in [-0.2, -0.15) is 0 Å². The topological polar surface area (TPSA) is 44.5 Å². The third-order valence-electron chi connectivity index (χ3n) is 7.01. The smallest absolute Gasteiger partial charge is 0.404 e. The molecule has 138 valence electrons. The molecule has 0 spiro atoms. The van der Waals surface area contributed by atoms with Gasteiger partial charge in [0.05, 0.1) is 11.7 Å². The van der Waals surface area contributed by atoms with Gasteiger partial charge in [-0.15, -0.1) is 19.0 Å². The van der Waals surface area contributed by atoms with Crippen LogP contribution in [0.1, 0.15) is 72.1 Å². The summed E-state index contributed by atoms with van der Waals surface area (Å²) in [7, 11) is -0.201. The fraction of sp³-hybridized carbons (Fsp3) is 0.895. The molecule has 4 aliphatic rings. The molecule has 2 N–H and O–H groups in total. The van der Waals surface area contributed by atoms with Crippen LogP contribution in [-0.4, -0.2) is 24.8 Å². The second-order valence-corrected chi connectivity index (χ2v) is 8.78. The maximum atomic E-state index is 6.44. The van der Waals surface area contributed by atoms with Gasteiger partial charge in [0.2, 0.25) is 0 Å². The lowest BCUT2D eigenvalue weighted by Crippen LogP contribution is -2.65.